The Labute approximate surface area is 139 Å². The first-order valence-electron chi connectivity index (χ1n) is 8.45. The van der Waals surface area contributed by atoms with Crippen LogP contribution in [0.15, 0.2) is 35.1 Å². The van der Waals surface area contributed by atoms with E-state index in [1.165, 1.54) is 6.07 Å². The smallest absolute Gasteiger partial charge is 0.254 e. The van der Waals surface area contributed by atoms with E-state index in [0.29, 0.717) is 11.6 Å². The summed E-state index contributed by atoms with van der Waals surface area (Å²) in [6, 6.07) is 9.00. The summed E-state index contributed by atoms with van der Waals surface area (Å²) in [5.74, 6) is 0.799. The fourth-order valence-corrected chi connectivity index (χ4v) is 2.98. The summed E-state index contributed by atoms with van der Waals surface area (Å²) in [6.07, 6.45) is 3.72. The molecule has 1 atom stereocenters. The van der Waals surface area contributed by atoms with Crippen molar-refractivity contribution in [2.75, 3.05) is 5.32 Å². The van der Waals surface area contributed by atoms with Crippen molar-refractivity contribution in [1.29, 1.82) is 0 Å². The number of para-hydroxylation sites is 2. The third-order valence-electron chi connectivity index (χ3n) is 4.33. The first-order chi connectivity index (χ1) is 11.6. The second-order valence-corrected chi connectivity index (χ2v) is 6.02. The van der Waals surface area contributed by atoms with E-state index < -0.39 is 0 Å². The van der Waals surface area contributed by atoms with Gasteiger partial charge in [-0.15, -0.1) is 0 Å². The van der Waals surface area contributed by atoms with Crippen molar-refractivity contribution in [3.8, 4) is 0 Å². The number of hydrogen-bond donors (Lipinski definition) is 2. The molecule has 0 aliphatic carbocycles. The number of H-pyrrole nitrogens is 1. The zero-order valence-electron chi connectivity index (χ0n) is 14.0. The van der Waals surface area contributed by atoms with E-state index in [9.17, 15) is 9.59 Å². The third-order valence-corrected chi connectivity index (χ3v) is 4.33. The normalized spacial score (nSPS) is 12.6. The highest BCUT2D eigenvalue weighted by atomic mass is 16.2. The summed E-state index contributed by atoms with van der Waals surface area (Å²) in [6.45, 7) is 4.13. The Bertz CT molecular complexity index is 926. The lowest BCUT2D eigenvalue weighted by Crippen LogP contribution is -2.25. The molecular weight excluding hydrogens is 304 g/mol. The Hall–Kier alpha value is -2.63. The highest BCUT2D eigenvalue weighted by molar-refractivity contribution is 5.93. The van der Waals surface area contributed by atoms with Crippen molar-refractivity contribution in [2.24, 2.45) is 5.92 Å². The van der Waals surface area contributed by atoms with Crippen molar-refractivity contribution >= 4 is 28.5 Å². The first-order valence-corrected chi connectivity index (χ1v) is 8.45. The molecule has 3 aromatic rings. The third kappa shape index (κ3) is 3.04. The summed E-state index contributed by atoms with van der Waals surface area (Å²) in [5.41, 5.74) is 1.34. The summed E-state index contributed by atoms with van der Waals surface area (Å²) >= 11 is 0. The summed E-state index contributed by atoms with van der Waals surface area (Å²) in [5, 5.41) is 2.93. The minimum Gasteiger partial charge on any atom is -0.311 e. The van der Waals surface area contributed by atoms with E-state index >= 15 is 0 Å². The lowest BCUT2D eigenvalue weighted by Gasteiger charge is -2.15. The number of rotatable bonds is 6. The van der Waals surface area contributed by atoms with E-state index in [2.05, 4.69) is 22.2 Å². The number of nitrogens with zero attached hydrogens (tertiary/aromatic N) is 2. The van der Waals surface area contributed by atoms with Crippen LogP contribution < -0.4 is 10.9 Å². The van der Waals surface area contributed by atoms with Gasteiger partial charge in [-0.2, -0.15) is 0 Å². The van der Waals surface area contributed by atoms with Gasteiger partial charge in [0.2, 0.25) is 11.7 Å². The van der Waals surface area contributed by atoms with Gasteiger partial charge in [0.15, 0.2) is 0 Å². The minimum atomic E-state index is -0.283. The number of amides is 1. The van der Waals surface area contributed by atoms with Gasteiger partial charge in [0.1, 0.15) is 5.82 Å². The Morgan fingerprint density at radius 2 is 2.12 bits per heavy atom. The van der Waals surface area contributed by atoms with E-state index in [-0.39, 0.29) is 17.4 Å². The maximum absolute atomic E-state index is 12.6. The summed E-state index contributed by atoms with van der Waals surface area (Å²) in [4.78, 5) is 31.6. The summed E-state index contributed by atoms with van der Waals surface area (Å²) in [7, 11) is 0. The molecule has 0 saturated carbocycles. The predicted molar refractivity (Wildman–Crippen MR) is 95.3 cm³/mol. The number of benzene rings is 1. The first kappa shape index (κ1) is 16.2. The second-order valence-electron chi connectivity index (χ2n) is 6.02. The second kappa shape index (κ2) is 6.86. The number of nitrogens with one attached hydrogen (secondary N) is 2. The molecule has 0 spiro atoms. The number of carbonyl (C=O) groups excluding carboxylic acids is 1. The number of hydrogen-bond acceptors (Lipinski definition) is 3. The maximum atomic E-state index is 12.6. The average molecular weight is 326 g/mol. The number of aromatic nitrogens is 3. The number of fused-ring (bicyclic) bond motifs is 3. The van der Waals surface area contributed by atoms with E-state index in [4.69, 9.17) is 0 Å². The van der Waals surface area contributed by atoms with Crippen molar-refractivity contribution in [3.05, 3.63) is 40.7 Å². The number of aromatic amines is 1. The van der Waals surface area contributed by atoms with Crippen LogP contribution in [0.1, 0.15) is 39.5 Å². The van der Waals surface area contributed by atoms with Gasteiger partial charge in [-0.3, -0.25) is 19.0 Å². The molecule has 2 aromatic heterocycles. The molecule has 0 aliphatic heterocycles. The maximum Gasteiger partial charge on any atom is 0.254 e. The predicted octanol–water partition coefficient (Wildman–Crippen LogP) is 3.33. The van der Waals surface area contributed by atoms with Crippen LogP contribution >= 0.6 is 0 Å². The summed E-state index contributed by atoms with van der Waals surface area (Å²) < 4.78 is 1.78. The highest BCUT2D eigenvalue weighted by Crippen LogP contribution is 2.20. The SMILES string of the molecule is CCCC[C@H](CC)C(=O)Nc1cc(=O)[nH]c2nc3ccccc3n12. The van der Waals surface area contributed by atoms with Gasteiger partial charge in [0, 0.05) is 12.0 Å². The molecule has 0 fully saturated rings. The van der Waals surface area contributed by atoms with E-state index in [1.54, 1.807) is 4.40 Å². The Morgan fingerprint density at radius 3 is 2.88 bits per heavy atom. The molecular formula is C18H22N4O2. The van der Waals surface area contributed by atoms with Crippen LogP contribution in [0, 0.1) is 5.92 Å². The largest absolute Gasteiger partial charge is 0.311 e. The molecule has 0 unspecified atom stereocenters. The lowest BCUT2D eigenvalue weighted by molar-refractivity contribution is -0.120. The van der Waals surface area contributed by atoms with Crippen LogP contribution in [-0.2, 0) is 4.79 Å². The number of unbranched alkanes of at least 4 members (excludes halogenated alkanes) is 1. The van der Waals surface area contributed by atoms with Crippen LogP contribution in [0.5, 0.6) is 0 Å². The van der Waals surface area contributed by atoms with Crippen molar-refractivity contribution in [1.82, 2.24) is 14.4 Å². The molecule has 0 bridgehead atoms. The minimum absolute atomic E-state index is 0.0457. The Kier molecular flexibility index (Phi) is 4.64. The molecule has 1 aromatic carbocycles. The molecule has 6 heteroatoms. The van der Waals surface area contributed by atoms with Gasteiger partial charge in [-0.1, -0.05) is 38.8 Å². The molecule has 0 aliphatic rings. The van der Waals surface area contributed by atoms with Crippen LogP contribution in [0.25, 0.3) is 16.8 Å². The number of anilines is 1. The van der Waals surface area contributed by atoms with Crippen LogP contribution in [0.3, 0.4) is 0 Å². The monoisotopic (exact) mass is 326 g/mol. The fraction of sp³-hybridized carbons (Fsp3) is 0.389. The number of carbonyl (C=O) groups is 1. The van der Waals surface area contributed by atoms with Gasteiger partial charge in [-0.05, 0) is 25.0 Å². The van der Waals surface area contributed by atoms with Gasteiger partial charge < -0.3 is 5.32 Å². The zero-order valence-corrected chi connectivity index (χ0v) is 14.0. The Morgan fingerprint density at radius 1 is 1.33 bits per heavy atom. The van der Waals surface area contributed by atoms with E-state index in [1.807, 2.05) is 31.2 Å². The molecule has 3 rings (SSSR count). The standard InChI is InChI=1S/C18H22N4O2/c1-3-5-8-12(4-2)17(24)20-15-11-16(23)21-18-19-13-9-6-7-10-14(13)22(15)18/h6-7,9-12H,3-5,8H2,1-2H3,(H,20,24)(H,19,21,23)/t12-/m0/s1. The molecule has 2 heterocycles. The molecule has 0 saturated heterocycles. The topological polar surface area (TPSA) is 79.3 Å². The van der Waals surface area contributed by atoms with Crippen molar-refractivity contribution in [2.45, 2.75) is 39.5 Å². The molecule has 0 radical (unpaired) electrons. The molecule has 1 amide bonds. The molecule has 6 nitrogen and oxygen atoms in total. The van der Waals surface area contributed by atoms with Gasteiger partial charge in [-0.25, -0.2) is 4.98 Å². The van der Waals surface area contributed by atoms with Crippen molar-refractivity contribution in [3.63, 3.8) is 0 Å². The average Bonchev–Trinajstić information content (AvgIpc) is 2.93. The number of imidazole rings is 1. The van der Waals surface area contributed by atoms with Crippen molar-refractivity contribution < 1.29 is 4.79 Å². The van der Waals surface area contributed by atoms with Crippen LogP contribution in [0.2, 0.25) is 0 Å². The van der Waals surface area contributed by atoms with E-state index in [0.717, 1.165) is 36.7 Å². The van der Waals surface area contributed by atoms with Gasteiger partial charge >= 0.3 is 0 Å². The highest BCUT2D eigenvalue weighted by Gasteiger charge is 2.18. The van der Waals surface area contributed by atoms with Crippen LogP contribution in [0.4, 0.5) is 5.82 Å². The quantitative estimate of drug-likeness (QED) is 0.729. The molecule has 126 valence electrons. The van der Waals surface area contributed by atoms with Crippen LogP contribution in [-0.4, -0.2) is 20.3 Å². The van der Waals surface area contributed by atoms with Gasteiger partial charge in [0.05, 0.1) is 11.0 Å². The zero-order chi connectivity index (χ0) is 17.1. The molecule has 24 heavy (non-hydrogen) atoms. The Balaban J connectivity index is 2.02. The molecule has 2 N–H and O–H groups in total. The van der Waals surface area contributed by atoms with Gasteiger partial charge in [0.25, 0.3) is 5.56 Å². The fourth-order valence-electron chi connectivity index (χ4n) is 2.98. The lowest BCUT2D eigenvalue weighted by atomic mass is 9.98.